The highest BCUT2D eigenvalue weighted by Gasteiger charge is 2.56. The third kappa shape index (κ3) is 4.24. The number of benzene rings is 2. The van der Waals surface area contributed by atoms with E-state index in [1.54, 1.807) is 0 Å². The molecule has 1 aliphatic heterocycles. The van der Waals surface area contributed by atoms with Gasteiger partial charge in [-0.15, -0.1) is 0 Å². The summed E-state index contributed by atoms with van der Waals surface area (Å²) in [5, 5.41) is 0. The summed E-state index contributed by atoms with van der Waals surface area (Å²) in [5.41, 5.74) is -1.42. The lowest BCUT2D eigenvalue weighted by molar-refractivity contribution is -0.137. The molecule has 196 valence electrons. The van der Waals surface area contributed by atoms with E-state index < -0.39 is 58.8 Å². The van der Waals surface area contributed by atoms with Crippen molar-refractivity contribution in [3.05, 3.63) is 65.2 Å². The van der Waals surface area contributed by atoms with Crippen molar-refractivity contribution in [1.29, 1.82) is 0 Å². The van der Waals surface area contributed by atoms with Gasteiger partial charge in [-0.1, -0.05) is 0 Å². The van der Waals surface area contributed by atoms with Gasteiger partial charge in [0, 0.05) is 18.2 Å². The van der Waals surface area contributed by atoms with Gasteiger partial charge in [-0.2, -0.15) is 17.5 Å². The van der Waals surface area contributed by atoms with E-state index in [1.807, 2.05) is 0 Å². The molecule has 1 saturated heterocycles. The standard InChI is InChI=1S/C24H24F5NO4S2/c25-18-3-8-22(26)21(11-18)23(36(33,34)20-6-1-17(2-7-20)24(27,28)29)10-9-15-14-35(31,32)30(19-4-5-19)13-16(15)12-23/h1-3,6-8,11,15-16,19H,4-5,9-10,12-14H2/t15-,16+,23-/m0/s1. The van der Waals surface area contributed by atoms with Crippen molar-refractivity contribution in [2.24, 2.45) is 11.8 Å². The number of sulfone groups is 1. The number of sulfonamides is 1. The third-order valence-corrected chi connectivity index (χ3v) is 12.3. The number of hydrogen-bond donors (Lipinski definition) is 0. The predicted molar refractivity (Wildman–Crippen MR) is 121 cm³/mol. The van der Waals surface area contributed by atoms with E-state index in [0.29, 0.717) is 25.0 Å². The maximum absolute atomic E-state index is 15.1. The monoisotopic (exact) mass is 549 g/mol. The first-order chi connectivity index (χ1) is 16.7. The van der Waals surface area contributed by atoms with Crippen LogP contribution in [0.15, 0.2) is 47.4 Å². The van der Waals surface area contributed by atoms with E-state index in [2.05, 4.69) is 0 Å². The van der Waals surface area contributed by atoms with Crippen molar-refractivity contribution in [2.45, 2.75) is 54.0 Å². The molecule has 5 nitrogen and oxygen atoms in total. The molecule has 1 heterocycles. The number of halogens is 5. The molecule has 2 saturated carbocycles. The van der Waals surface area contributed by atoms with Crippen LogP contribution in [-0.2, 0) is 30.8 Å². The van der Waals surface area contributed by atoms with Crippen molar-refractivity contribution in [2.75, 3.05) is 12.3 Å². The Labute approximate surface area is 206 Å². The van der Waals surface area contributed by atoms with Crippen LogP contribution in [0.3, 0.4) is 0 Å². The third-order valence-electron chi connectivity index (χ3n) is 7.75. The molecule has 36 heavy (non-hydrogen) atoms. The highest BCUT2D eigenvalue weighted by Crippen LogP contribution is 2.53. The first-order valence-corrected chi connectivity index (χ1v) is 14.7. The first kappa shape index (κ1) is 25.6. The molecule has 2 aromatic carbocycles. The molecule has 3 fully saturated rings. The minimum atomic E-state index is -4.67. The predicted octanol–water partition coefficient (Wildman–Crippen LogP) is 4.88. The zero-order valence-corrected chi connectivity index (χ0v) is 20.6. The van der Waals surface area contributed by atoms with Gasteiger partial charge in [0.2, 0.25) is 10.0 Å². The molecule has 2 aromatic rings. The summed E-state index contributed by atoms with van der Waals surface area (Å²) in [6.07, 6.45) is -3.46. The quantitative estimate of drug-likeness (QED) is 0.510. The molecule has 0 N–H and O–H groups in total. The number of hydrogen-bond acceptors (Lipinski definition) is 4. The SMILES string of the molecule is O=S1(=O)C[C@@H]2CC[C@](c3cc(F)ccc3F)(S(=O)(=O)c3ccc(C(F)(F)F)cc3)C[C@@H]2CN1C1CC1. The molecule has 0 spiro atoms. The van der Waals surface area contributed by atoms with Gasteiger partial charge in [0.15, 0.2) is 9.84 Å². The fraction of sp³-hybridized carbons (Fsp3) is 0.500. The van der Waals surface area contributed by atoms with Gasteiger partial charge in [0.1, 0.15) is 16.4 Å². The van der Waals surface area contributed by atoms with E-state index >= 15 is 4.39 Å². The molecular weight excluding hydrogens is 525 g/mol. The Hall–Kier alpha value is -2.05. The van der Waals surface area contributed by atoms with Crippen molar-refractivity contribution in [3.63, 3.8) is 0 Å². The summed E-state index contributed by atoms with van der Waals surface area (Å²) in [6, 6.07) is 5.37. The van der Waals surface area contributed by atoms with Gasteiger partial charge < -0.3 is 0 Å². The average Bonchev–Trinajstić information content (AvgIpc) is 3.64. The largest absolute Gasteiger partial charge is 0.416 e. The summed E-state index contributed by atoms with van der Waals surface area (Å²) in [7, 11) is -8.03. The number of rotatable bonds is 4. The van der Waals surface area contributed by atoms with E-state index in [9.17, 15) is 34.4 Å². The molecule has 0 amide bonds. The molecule has 0 bridgehead atoms. The van der Waals surface area contributed by atoms with Crippen molar-refractivity contribution >= 4 is 19.9 Å². The van der Waals surface area contributed by atoms with Crippen LogP contribution in [0, 0.1) is 23.5 Å². The molecule has 0 aromatic heterocycles. The Morgan fingerprint density at radius 2 is 1.61 bits per heavy atom. The van der Waals surface area contributed by atoms with Gasteiger partial charge in [0.25, 0.3) is 0 Å². The number of nitrogens with zero attached hydrogens (tertiary/aromatic N) is 1. The lowest BCUT2D eigenvalue weighted by Gasteiger charge is -2.48. The maximum Gasteiger partial charge on any atom is 0.416 e. The lowest BCUT2D eigenvalue weighted by Crippen LogP contribution is -2.54. The molecule has 3 aliphatic rings. The second kappa shape index (κ2) is 8.49. The summed E-state index contributed by atoms with van der Waals surface area (Å²) in [6.45, 7) is 0.0822. The van der Waals surface area contributed by atoms with Crippen molar-refractivity contribution in [1.82, 2.24) is 4.31 Å². The van der Waals surface area contributed by atoms with Crippen LogP contribution in [0.25, 0.3) is 0 Å². The van der Waals surface area contributed by atoms with Crippen LogP contribution < -0.4 is 0 Å². The molecule has 5 rings (SSSR count). The Kier molecular flexibility index (Phi) is 6.03. The van der Waals surface area contributed by atoms with Gasteiger partial charge >= 0.3 is 6.18 Å². The average molecular weight is 550 g/mol. The molecule has 12 heteroatoms. The van der Waals surface area contributed by atoms with Crippen molar-refractivity contribution in [3.8, 4) is 0 Å². The van der Waals surface area contributed by atoms with Crippen LogP contribution in [-0.4, -0.2) is 39.5 Å². The minimum Gasteiger partial charge on any atom is -0.223 e. The van der Waals surface area contributed by atoms with Gasteiger partial charge in [-0.3, -0.25) is 0 Å². The Bertz CT molecular complexity index is 1390. The zero-order valence-electron chi connectivity index (χ0n) is 19.0. The summed E-state index contributed by atoms with van der Waals surface area (Å²) < 4.78 is 122. The highest BCUT2D eigenvalue weighted by atomic mass is 32.2. The van der Waals surface area contributed by atoms with Gasteiger partial charge in [-0.25, -0.2) is 25.6 Å². The van der Waals surface area contributed by atoms with Crippen LogP contribution in [0.1, 0.15) is 43.2 Å². The van der Waals surface area contributed by atoms with E-state index in [4.69, 9.17) is 0 Å². The number of fused-ring (bicyclic) bond motifs is 1. The molecule has 3 atom stereocenters. The van der Waals surface area contributed by atoms with Crippen molar-refractivity contribution < 1.29 is 38.8 Å². The van der Waals surface area contributed by atoms with Crippen LogP contribution in [0.2, 0.25) is 0 Å². The Morgan fingerprint density at radius 1 is 0.944 bits per heavy atom. The second-order valence-electron chi connectivity index (χ2n) is 9.99. The van der Waals surface area contributed by atoms with E-state index in [0.717, 1.165) is 30.3 Å². The van der Waals surface area contributed by atoms with Crippen LogP contribution in [0.4, 0.5) is 22.0 Å². The van der Waals surface area contributed by atoms with Gasteiger partial charge in [0.05, 0.1) is 16.2 Å². The summed E-state index contributed by atoms with van der Waals surface area (Å²) >= 11 is 0. The Balaban J connectivity index is 1.61. The summed E-state index contributed by atoms with van der Waals surface area (Å²) in [4.78, 5) is -0.430. The minimum absolute atomic E-state index is 0.0822. The normalized spacial score (nSPS) is 29.0. The van der Waals surface area contributed by atoms with Crippen LogP contribution >= 0.6 is 0 Å². The maximum atomic E-state index is 15.1. The number of alkyl halides is 3. The zero-order chi connectivity index (χ0) is 26.1. The lowest BCUT2D eigenvalue weighted by atomic mass is 9.71. The van der Waals surface area contributed by atoms with Gasteiger partial charge in [-0.05, 0) is 86.4 Å². The molecule has 0 unspecified atom stereocenters. The first-order valence-electron chi connectivity index (χ1n) is 11.6. The second-order valence-corrected chi connectivity index (χ2v) is 14.2. The van der Waals surface area contributed by atoms with Crippen LogP contribution in [0.5, 0.6) is 0 Å². The highest BCUT2D eigenvalue weighted by molar-refractivity contribution is 7.92. The molecule has 2 aliphatic carbocycles. The van der Waals surface area contributed by atoms with E-state index in [1.165, 1.54) is 4.31 Å². The fourth-order valence-electron chi connectivity index (χ4n) is 5.76. The smallest absolute Gasteiger partial charge is 0.223 e. The van der Waals surface area contributed by atoms with E-state index in [-0.39, 0.29) is 49.1 Å². The Morgan fingerprint density at radius 3 is 2.22 bits per heavy atom. The topological polar surface area (TPSA) is 71.5 Å². The summed E-state index contributed by atoms with van der Waals surface area (Å²) in [5.74, 6) is -2.71. The fourth-order valence-corrected chi connectivity index (χ4v) is 10.2. The molecule has 0 radical (unpaired) electrons. The molecular formula is C24H24F5NO4S2.